The van der Waals surface area contributed by atoms with Gasteiger partial charge in [-0.25, -0.2) is 4.79 Å². The smallest absolute Gasteiger partial charge is 0.338 e. The number of hydrogen-bond acceptors (Lipinski definition) is 2. The standard InChI is InChI=1S/C23H36O2/c1-2-3-4-5-6-7-8-12-19-25-23(24)22-17-15-21(16-18-22)20-13-10-9-11-14-20/h15-18,20H,2-14,19H2,1H3. The molecule has 2 heteroatoms. The molecule has 1 saturated carbocycles. The van der Waals surface area contributed by atoms with E-state index in [0.29, 0.717) is 18.1 Å². The third kappa shape index (κ3) is 7.63. The zero-order valence-electron chi connectivity index (χ0n) is 16.1. The van der Waals surface area contributed by atoms with Gasteiger partial charge in [-0.1, -0.05) is 83.3 Å². The Kier molecular flexibility index (Phi) is 9.69. The van der Waals surface area contributed by atoms with Crippen molar-refractivity contribution in [1.82, 2.24) is 0 Å². The predicted octanol–water partition coefficient (Wildman–Crippen LogP) is 7.03. The molecule has 2 nitrogen and oxygen atoms in total. The highest BCUT2D eigenvalue weighted by molar-refractivity contribution is 5.89. The first-order valence-corrected chi connectivity index (χ1v) is 10.6. The molecule has 1 fully saturated rings. The van der Waals surface area contributed by atoms with E-state index in [4.69, 9.17) is 4.74 Å². The van der Waals surface area contributed by atoms with Gasteiger partial charge in [0.2, 0.25) is 0 Å². The highest BCUT2D eigenvalue weighted by atomic mass is 16.5. The monoisotopic (exact) mass is 344 g/mol. The van der Waals surface area contributed by atoms with Gasteiger partial charge in [-0.15, -0.1) is 0 Å². The van der Waals surface area contributed by atoms with Crippen LogP contribution >= 0.6 is 0 Å². The van der Waals surface area contributed by atoms with Crippen LogP contribution in [-0.4, -0.2) is 12.6 Å². The topological polar surface area (TPSA) is 26.3 Å². The van der Waals surface area contributed by atoms with Crippen LogP contribution in [-0.2, 0) is 4.74 Å². The molecule has 0 aliphatic heterocycles. The average molecular weight is 345 g/mol. The molecule has 140 valence electrons. The van der Waals surface area contributed by atoms with Crippen LogP contribution in [0.4, 0.5) is 0 Å². The molecule has 0 spiro atoms. The summed E-state index contributed by atoms with van der Waals surface area (Å²) >= 11 is 0. The summed E-state index contributed by atoms with van der Waals surface area (Å²) in [6, 6.07) is 8.14. The molecule has 2 rings (SSSR count). The molecule has 0 radical (unpaired) electrons. The van der Waals surface area contributed by atoms with E-state index >= 15 is 0 Å². The minimum absolute atomic E-state index is 0.168. The minimum atomic E-state index is -0.168. The zero-order chi connectivity index (χ0) is 17.7. The lowest BCUT2D eigenvalue weighted by molar-refractivity contribution is 0.0497. The van der Waals surface area contributed by atoms with Gasteiger partial charge < -0.3 is 4.74 Å². The largest absolute Gasteiger partial charge is 0.462 e. The molecule has 0 bridgehead atoms. The van der Waals surface area contributed by atoms with Gasteiger partial charge in [-0.05, 0) is 42.9 Å². The molecule has 0 heterocycles. The van der Waals surface area contributed by atoms with E-state index in [2.05, 4.69) is 19.1 Å². The molecule has 0 atom stereocenters. The molecule has 1 aromatic carbocycles. The summed E-state index contributed by atoms with van der Waals surface area (Å²) in [5.74, 6) is 0.522. The first-order chi connectivity index (χ1) is 12.3. The highest BCUT2D eigenvalue weighted by Gasteiger charge is 2.16. The Hall–Kier alpha value is -1.31. The number of carbonyl (C=O) groups excluding carboxylic acids is 1. The van der Waals surface area contributed by atoms with Gasteiger partial charge >= 0.3 is 5.97 Å². The van der Waals surface area contributed by atoms with Crippen LogP contribution in [0.3, 0.4) is 0 Å². The Balaban J connectivity index is 1.59. The van der Waals surface area contributed by atoms with Crippen LogP contribution in [0.15, 0.2) is 24.3 Å². The molecule has 1 aromatic rings. The normalized spacial score (nSPS) is 15.2. The molecule has 0 amide bonds. The lowest BCUT2D eigenvalue weighted by Gasteiger charge is -2.21. The maximum Gasteiger partial charge on any atom is 0.338 e. The third-order valence-corrected chi connectivity index (χ3v) is 5.45. The van der Waals surface area contributed by atoms with E-state index in [-0.39, 0.29) is 5.97 Å². The minimum Gasteiger partial charge on any atom is -0.462 e. The van der Waals surface area contributed by atoms with E-state index in [1.807, 2.05) is 12.1 Å². The lowest BCUT2D eigenvalue weighted by Crippen LogP contribution is -2.08. The van der Waals surface area contributed by atoms with Crippen LogP contribution in [0.5, 0.6) is 0 Å². The Bertz CT molecular complexity index is 471. The number of ether oxygens (including phenoxy) is 1. The number of carbonyl (C=O) groups is 1. The van der Waals surface area contributed by atoms with Crippen molar-refractivity contribution in [3.63, 3.8) is 0 Å². The van der Waals surface area contributed by atoms with Crippen molar-refractivity contribution < 1.29 is 9.53 Å². The summed E-state index contributed by atoms with van der Waals surface area (Å²) in [6.07, 6.45) is 16.7. The average Bonchev–Trinajstić information content (AvgIpc) is 2.67. The van der Waals surface area contributed by atoms with E-state index in [1.54, 1.807) is 0 Å². The quantitative estimate of drug-likeness (QED) is 0.318. The molecule has 0 unspecified atom stereocenters. The number of hydrogen-bond donors (Lipinski definition) is 0. The summed E-state index contributed by atoms with van der Waals surface area (Å²) in [4.78, 5) is 12.1. The molecule has 0 N–H and O–H groups in total. The summed E-state index contributed by atoms with van der Waals surface area (Å²) in [5.41, 5.74) is 2.08. The van der Waals surface area contributed by atoms with Crippen LogP contribution in [0.25, 0.3) is 0 Å². The summed E-state index contributed by atoms with van der Waals surface area (Å²) in [5, 5.41) is 0. The van der Waals surface area contributed by atoms with Crippen molar-refractivity contribution in [1.29, 1.82) is 0 Å². The third-order valence-electron chi connectivity index (χ3n) is 5.45. The molecule has 0 saturated heterocycles. The Morgan fingerprint density at radius 1 is 0.880 bits per heavy atom. The Morgan fingerprint density at radius 3 is 2.12 bits per heavy atom. The van der Waals surface area contributed by atoms with E-state index < -0.39 is 0 Å². The molecular weight excluding hydrogens is 308 g/mol. The second-order valence-corrected chi connectivity index (χ2v) is 7.57. The second-order valence-electron chi connectivity index (χ2n) is 7.57. The van der Waals surface area contributed by atoms with Crippen LogP contribution in [0, 0.1) is 0 Å². The Labute approximate surface area is 154 Å². The first kappa shape index (κ1) is 20.0. The van der Waals surface area contributed by atoms with Gasteiger partial charge in [0.15, 0.2) is 0 Å². The fraction of sp³-hybridized carbons (Fsp3) is 0.696. The number of rotatable bonds is 11. The number of benzene rings is 1. The zero-order valence-corrected chi connectivity index (χ0v) is 16.1. The summed E-state index contributed by atoms with van der Waals surface area (Å²) in [7, 11) is 0. The molecular formula is C23H36O2. The van der Waals surface area contributed by atoms with Crippen LogP contribution < -0.4 is 0 Å². The van der Waals surface area contributed by atoms with Gasteiger partial charge in [0, 0.05) is 0 Å². The van der Waals surface area contributed by atoms with Gasteiger partial charge in [0.1, 0.15) is 0 Å². The van der Waals surface area contributed by atoms with Gasteiger partial charge in [0.05, 0.1) is 12.2 Å². The second kappa shape index (κ2) is 12.1. The maximum absolute atomic E-state index is 12.1. The lowest BCUT2D eigenvalue weighted by atomic mass is 9.84. The molecule has 0 aromatic heterocycles. The van der Waals surface area contributed by atoms with Crippen molar-refractivity contribution >= 4 is 5.97 Å². The SMILES string of the molecule is CCCCCCCCCCOC(=O)c1ccc(C2CCCCC2)cc1. The van der Waals surface area contributed by atoms with Gasteiger partial charge in [0.25, 0.3) is 0 Å². The molecule has 1 aliphatic rings. The summed E-state index contributed by atoms with van der Waals surface area (Å²) in [6.45, 7) is 2.80. The Morgan fingerprint density at radius 2 is 1.48 bits per heavy atom. The maximum atomic E-state index is 12.1. The van der Waals surface area contributed by atoms with Crippen molar-refractivity contribution in [3.05, 3.63) is 35.4 Å². The van der Waals surface area contributed by atoms with Crippen LogP contribution in [0.2, 0.25) is 0 Å². The van der Waals surface area contributed by atoms with Gasteiger partial charge in [-0.2, -0.15) is 0 Å². The van der Waals surface area contributed by atoms with Crippen molar-refractivity contribution in [2.75, 3.05) is 6.61 Å². The van der Waals surface area contributed by atoms with E-state index in [0.717, 1.165) is 6.42 Å². The molecule has 1 aliphatic carbocycles. The fourth-order valence-electron chi connectivity index (χ4n) is 3.81. The van der Waals surface area contributed by atoms with Crippen LogP contribution in [0.1, 0.15) is 112 Å². The number of unbranched alkanes of at least 4 members (excludes halogenated alkanes) is 7. The van der Waals surface area contributed by atoms with Crippen molar-refractivity contribution in [2.24, 2.45) is 0 Å². The fourth-order valence-corrected chi connectivity index (χ4v) is 3.81. The summed E-state index contributed by atoms with van der Waals surface area (Å²) < 4.78 is 5.42. The highest BCUT2D eigenvalue weighted by Crippen LogP contribution is 2.32. The molecule has 25 heavy (non-hydrogen) atoms. The first-order valence-electron chi connectivity index (χ1n) is 10.6. The van der Waals surface area contributed by atoms with E-state index in [1.165, 1.54) is 82.6 Å². The number of esters is 1. The predicted molar refractivity (Wildman–Crippen MR) is 105 cm³/mol. The van der Waals surface area contributed by atoms with Crippen molar-refractivity contribution in [2.45, 2.75) is 96.3 Å². The van der Waals surface area contributed by atoms with Gasteiger partial charge in [-0.3, -0.25) is 0 Å². The van der Waals surface area contributed by atoms with Crippen molar-refractivity contribution in [3.8, 4) is 0 Å². The van der Waals surface area contributed by atoms with E-state index in [9.17, 15) is 4.79 Å².